The van der Waals surface area contributed by atoms with Crippen molar-refractivity contribution in [3.8, 4) is 11.5 Å². The van der Waals surface area contributed by atoms with Crippen molar-refractivity contribution in [2.45, 2.75) is 51.3 Å². The first kappa shape index (κ1) is 23.1. The Morgan fingerprint density at radius 2 is 1.88 bits per heavy atom. The van der Waals surface area contributed by atoms with Gasteiger partial charge >= 0.3 is 6.03 Å². The molecule has 4 rings (SSSR count). The Morgan fingerprint density at radius 3 is 2.61 bits per heavy atom. The quantitative estimate of drug-likeness (QED) is 0.610. The fourth-order valence-corrected chi connectivity index (χ4v) is 4.89. The number of urea groups is 1. The van der Waals surface area contributed by atoms with Crippen LogP contribution in [0.25, 0.3) is 0 Å². The molecule has 1 heterocycles. The molecular weight excluding hydrogens is 418 g/mol. The number of hydrogen-bond acceptors (Lipinski definition) is 5. The third-order valence-electron chi connectivity index (χ3n) is 6.80. The molecule has 1 spiro atoms. The number of hydrogen-bond donors (Lipinski definition) is 1. The zero-order valence-electron chi connectivity index (χ0n) is 19.7. The van der Waals surface area contributed by atoms with Crippen molar-refractivity contribution < 1.29 is 19.1 Å². The summed E-state index contributed by atoms with van der Waals surface area (Å²) in [5, 5.41) is 3.02. The summed E-state index contributed by atoms with van der Waals surface area (Å²) >= 11 is 0. The van der Waals surface area contributed by atoms with Gasteiger partial charge in [0.1, 0.15) is 12.1 Å². The molecule has 7 nitrogen and oxygen atoms in total. The molecule has 3 amide bonds. The predicted molar refractivity (Wildman–Crippen MR) is 126 cm³/mol. The zero-order chi connectivity index (χ0) is 23.4. The van der Waals surface area contributed by atoms with E-state index in [9.17, 15) is 9.59 Å². The average Bonchev–Trinajstić information content (AvgIpc) is 3.05. The third-order valence-corrected chi connectivity index (χ3v) is 6.80. The topological polar surface area (TPSA) is 71.1 Å². The van der Waals surface area contributed by atoms with E-state index in [0.717, 1.165) is 36.8 Å². The minimum atomic E-state index is -0.725. The lowest BCUT2D eigenvalue weighted by atomic mass is 9.73. The molecule has 176 valence electrons. The highest BCUT2D eigenvalue weighted by Gasteiger charge is 2.54. The fraction of sp³-hybridized carbons (Fsp3) is 0.462. The van der Waals surface area contributed by atoms with Crippen LogP contribution < -0.4 is 14.8 Å². The zero-order valence-corrected chi connectivity index (χ0v) is 19.7. The van der Waals surface area contributed by atoms with Gasteiger partial charge in [0.15, 0.2) is 11.5 Å². The van der Waals surface area contributed by atoms with E-state index in [-0.39, 0.29) is 24.5 Å². The Labute approximate surface area is 195 Å². The van der Waals surface area contributed by atoms with Crippen molar-refractivity contribution in [2.24, 2.45) is 5.92 Å². The first-order chi connectivity index (χ1) is 15.9. The van der Waals surface area contributed by atoms with Gasteiger partial charge < -0.3 is 14.8 Å². The molecule has 2 aliphatic rings. The van der Waals surface area contributed by atoms with Crippen LogP contribution in [0.1, 0.15) is 43.7 Å². The van der Waals surface area contributed by atoms with Gasteiger partial charge in [-0.15, -0.1) is 0 Å². The number of amides is 3. The molecule has 2 aromatic rings. The molecule has 2 aromatic carbocycles. The summed E-state index contributed by atoms with van der Waals surface area (Å²) in [4.78, 5) is 29.2. The van der Waals surface area contributed by atoms with Crippen LogP contribution in [0.2, 0.25) is 0 Å². The molecule has 2 atom stereocenters. The number of carbonyl (C=O) groups is 2. The minimum absolute atomic E-state index is 0.0891. The van der Waals surface area contributed by atoms with Crippen LogP contribution in [-0.4, -0.2) is 48.1 Å². The van der Waals surface area contributed by atoms with Gasteiger partial charge in [0.2, 0.25) is 0 Å². The lowest BCUT2D eigenvalue weighted by Gasteiger charge is -2.37. The summed E-state index contributed by atoms with van der Waals surface area (Å²) in [7, 11) is 3.53. The van der Waals surface area contributed by atoms with Gasteiger partial charge in [0.05, 0.1) is 13.8 Å². The number of rotatable bonds is 8. The van der Waals surface area contributed by atoms with E-state index in [1.807, 2.05) is 60.5 Å². The third kappa shape index (κ3) is 4.83. The summed E-state index contributed by atoms with van der Waals surface area (Å²) in [6, 6.07) is 15.5. The molecule has 1 aliphatic heterocycles. The predicted octanol–water partition coefficient (Wildman–Crippen LogP) is 4.16. The molecule has 1 N–H and O–H groups in total. The molecule has 33 heavy (non-hydrogen) atoms. The second kappa shape index (κ2) is 9.83. The summed E-state index contributed by atoms with van der Waals surface area (Å²) in [6.45, 7) is 3.34. The van der Waals surface area contributed by atoms with E-state index < -0.39 is 5.54 Å². The summed E-state index contributed by atoms with van der Waals surface area (Å²) < 4.78 is 11.5. The van der Waals surface area contributed by atoms with Crippen molar-refractivity contribution in [1.29, 1.82) is 0 Å². The van der Waals surface area contributed by atoms with E-state index in [2.05, 4.69) is 12.2 Å². The largest absolute Gasteiger partial charge is 0.493 e. The van der Waals surface area contributed by atoms with Crippen LogP contribution in [0.5, 0.6) is 11.5 Å². The monoisotopic (exact) mass is 451 g/mol. The Bertz CT molecular complexity index is 996. The van der Waals surface area contributed by atoms with Crippen LogP contribution in [-0.2, 0) is 17.9 Å². The lowest BCUT2D eigenvalue weighted by Crippen LogP contribution is -2.54. The van der Waals surface area contributed by atoms with Gasteiger partial charge in [-0.3, -0.25) is 9.69 Å². The van der Waals surface area contributed by atoms with Gasteiger partial charge in [-0.05, 0) is 49.1 Å². The highest BCUT2D eigenvalue weighted by Crippen LogP contribution is 2.38. The van der Waals surface area contributed by atoms with Crippen LogP contribution in [0.4, 0.5) is 4.79 Å². The van der Waals surface area contributed by atoms with Gasteiger partial charge in [-0.25, -0.2) is 9.69 Å². The molecule has 2 fully saturated rings. The number of benzene rings is 2. The summed E-state index contributed by atoms with van der Waals surface area (Å²) in [5.74, 6) is 1.40. The van der Waals surface area contributed by atoms with Crippen molar-refractivity contribution in [3.63, 3.8) is 0 Å². The molecule has 7 heteroatoms. The SMILES string of the molecule is COc1cc(CN(C)CN2C(=O)N[C@]3(CCCC[C@@H]3C)C2=O)ccc1OCc1ccccc1. The first-order valence-corrected chi connectivity index (χ1v) is 11.6. The van der Waals surface area contributed by atoms with Crippen molar-refractivity contribution in [1.82, 2.24) is 15.1 Å². The van der Waals surface area contributed by atoms with E-state index in [1.54, 1.807) is 7.11 Å². The standard InChI is InChI=1S/C26H33N3O4/c1-19-9-7-8-14-26(19)24(30)29(25(31)27-26)18-28(2)16-21-12-13-22(23(15-21)32-3)33-17-20-10-5-4-6-11-20/h4-6,10-13,15,19H,7-9,14,16-18H2,1-3H3,(H,27,31)/t19-,26-/m0/s1. The van der Waals surface area contributed by atoms with Crippen molar-refractivity contribution in [3.05, 3.63) is 59.7 Å². The molecule has 0 unspecified atom stereocenters. The lowest BCUT2D eigenvalue weighted by molar-refractivity contribution is -0.135. The Morgan fingerprint density at radius 1 is 1.09 bits per heavy atom. The maximum absolute atomic E-state index is 13.2. The highest BCUT2D eigenvalue weighted by atomic mass is 16.5. The number of ether oxygens (including phenoxy) is 2. The molecule has 1 aliphatic carbocycles. The van der Waals surface area contributed by atoms with Crippen molar-refractivity contribution in [2.75, 3.05) is 20.8 Å². The molecular formula is C26H33N3O4. The second-order valence-corrected chi connectivity index (χ2v) is 9.20. The van der Waals surface area contributed by atoms with Gasteiger partial charge in [-0.2, -0.15) is 0 Å². The number of imide groups is 1. The van der Waals surface area contributed by atoms with Crippen LogP contribution in [0.3, 0.4) is 0 Å². The molecule has 0 radical (unpaired) electrons. The van der Waals surface area contributed by atoms with E-state index in [0.29, 0.717) is 24.7 Å². The Hall–Kier alpha value is -3.06. The van der Waals surface area contributed by atoms with E-state index in [1.165, 1.54) is 4.90 Å². The van der Waals surface area contributed by atoms with Crippen LogP contribution >= 0.6 is 0 Å². The second-order valence-electron chi connectivity index (χ2n) is 9.20. The number of nitrogens with one attached hydrogen (secondary N) is 1. The maximum Gasteiger partial charge on any atom is 0.326 e. The number of carbonyl (C=O) groups excluding carboxylic acids is 2. The van der Waals surface area contributed by atoms with E-state index in [4.69, 9.17) is 9.47 Å². The number of nitrogens with zero attached hydrogens (tertiary/aromatic N) is 2. The summed E-state index contributed by atoms with van der Waals surface area (Å²) in [5.41, 5.74) is 1.37. The fourth-order valence-electron chi connectivity index (χ4n) is 4.89. The van der Waals surface area contributed by atoms with E-state index >= 15 is 0 Å². The van der Waals surface area contributed by atoms with Gasteiger partial charge in [0.25, 0.3) is 5.91 Å². The average molecular weight is 452 g/mol. The Kier molecular flexibility index (Phi) is 6.88. The first-order valence-electron chi connectivity index (χ1n) is 11.6. The molecule has 0 aromatic heterocycles. The Balaban J connectivity index is 1.38. The van der Waals surface area contributed by atoms with Gasteiger partial charge in [-0.1, -0.05) is 56.2 Å². The van der Waals surface area contributed by atoms with Crippen LogP contribution in [0, 0.1) is 5.92 Å². The van der Waals surface area contributed by atoms with Crippen molar-refractivity contribution >= 4 is 11.9 Å². The number of methoxy groups -OCH3 is 1. The molecule has 0 bridgehead atoms. The van der Waals surface area contributed by atoms with Gasteiger partial charge in [0, 0.05) is 6.54 Å². The maximum atomic E-state index is 13.2. The van der Waals surface area contributed by atoms with Crippen LogP contribution in [0.15, 0.2) is 48.5 Å². The smallest absolute Gasteiger partial charge is 0.326 e. The molecule has 1 saturated heterocycles. The summed E-state index contributed by atoms with van der Waals surface area (Å²) in [6.07, 6.45) is 3.77. The minimum Gasteiger partial charge on any atom is -0.493 e. The molecule has 1 saturated carbocycles. The normalized spacial score (nSPS) is 22.7. The highest BCUT2D eigenvalue weighted by molar-refractivity contribution is 6.07.